The number of benzene rings is 2. The Morgan fingerprint density at radius 3 is 2.58 bits per heavy atom. The zero-order valence-corrected chi connectivity index (χ0v) is 14.7. The molecule has 1 aromatic heterocycles. The molecule has 0 saturated heterocycles. The SMILES string of the molecule is Cc1noc(C)c1COc1cc(C(=O)OCc2ccccc2)ccc1N. The number of aromatic nitrogens is 1. The Hall–Kier alpha value is -3.28. The van der Waals surface area contributed by atoms with Gasteiger partial charge in [-0.25, -0.2) is 4.79 Å². The number of nitrogen functional groups attached to an aromatic ring is 1. The number of hydrogen-bond acceptors (Lipinski definition) is 6. The van der Waals surface area contributed by atoms with Crippen LogP contribution in [0.1, 0.15) is 32.9 Å². The maximum atomic E-state index is 12.3. The minimum absolute atomic E-state index is 0.208. The van der Waals surface area contributed by atoms with Crippen molar-refractivity contribution in [2.45, 2.75) is 27.1 Å². The number of aryl methyl sites for hydroxylation is 2. The van der Waals surface area contributed by atoms with Crippen LogP contribution in [0, 0.1) is 13.8 Å². The molecule has 134 valence electrons. The van der Waals surface area contributed by atoms with Gasteiger partial charge in [0.25, 0.3) is 0 Å². The molecule has 0 saturated carbocycles. The Morgan fingerprint density at radius 1 is 1.12 bits per heavy atom. The maximum Gasteiger partial charge on any atom is 0.338 e. The molecular weight excluding hydrogens is 332 g/mol. The van der Waals surface area contributed by atoms with E-state index in [1.54, 1.807) is 18.2 Å². The van der Waals surface area contributed by atoms with Crippen LogP contribution in [-0.4, -0.2) is 11.1 Å². The van der Waals surface area contributed by atoms with Gasteiger partial charge in [-0.15, -0.1) is 0 Å². The smallest absolute Gasteiger partial charge is 0.338 e. The van der Waals surface area contributed by atoms with Crippen molar-refractivity contribution in [2.24, 2.45) is 0 Å². The van der Waals surface area contributed by atoms with Crippen LogP contribution in [-0.2, 0) is 18.0 Å². The molecule has 0 aliphatic rings. The van der Waals surface area contributed by atoms with Gasteiger partial charge in [0.2, 0.25) is 0 Å². The van der Waals surface area contributed by atoms with Crippen LogP contribution in [0.4, 0.5) is 5.69 Å². The largest absolute Gasteiger partial charge is 0.487 e. The summed E-state index contributed by atoms with van der Waals surface area (Å²) in [6, 6.07) is 14.3. The van der Waals surface area contributed by atoms with Crippen LogP contribution in [0.15, 0.2) is 53.1 Å². The fourth-order valence-corrected chi connectivity index (χ4v) is 2.45. The third-order valence-electron chi connectivity index (χ3n) is 4.02. The Kier molecular flexibility index (Phi) is 5.22. The normalized spacial score (nSPS) is 10.5. The summed E-state index contributed by atoms with van der Waals surface area (Å²) in [5.74, 6) is 0.676. The van der Waals surface area contributed by atoms with Crippen molar-refractivity contribution < 1.29 is 18.8 Å². The second kappa shape index (κ2) is 7.74. The van der Waals surface area contributed by atoms with Crippen LogP contribution < -0.4 is 10.5 Å². The molecule has 6 nitrogen and oxygen atoms in total. The summed E-state index contributed by atoms with van der Waals surface area (Å²) in [5.41, 5.74) is 9.32. The summed E-state index contributed by atoms with van der Waals surface area (Å²) in [4.78, 5) is 12.3. The average molecular weight is 352 g/mol. The van der Waals surface area contributed by atoms with Crippen molar-refractivity contribution >= 4 is 11.7 Å². The first kappa shape index (κ1) is 17.5. The van der Waals surface area contributed by atoms with E-state index in [4.69, 9.17) is 19.7 Å². The number of carbonyl (C=O) groups is 1. The third kappa shape index (κ3) is 4.03. The van der Waals surface area contributed by atoms with Gasteiger partial charge in [0.15, 0.2) is 0 Å². The minimum atomic E-state index is -0.434. The van der Waals surface area contributed by atoms with Crippen molar-refractivity contribution in [1.82, 2.24) is 5.16 Å². The summed E-state index contributed by atoms with van der Waals surface area (Å²) in [7, 11) is 0. The van der Waals surface area contributed by atoms with Crippen LogP contribution >= 0.6 is 0 Å². The highest BCUT2D eigenvalue weighted by Gasteiger charge is 2.14. The van der Waals surface area contributed by atoms with Gasteiger partial charge in [-0.3, -0.25) is 0 Å². The first-order chi connectivity index (χ1) is 12.5. The highest BCUT2D eigenvalue weighted by Crippen LogP contribution is 2.25. The molecule has 0 atom stereocenters. The Labute approximate surface area is 151 Å². The molecule has 2 N–H and O–H groups in total. The van der Waals surface area contributed by atoms with Gasteiger partial charge in [0, 0.05) is 0 Å². The predicted molar refractivity (Wildman–Crippen MR) is 96.7 cm³/mol. The van der Waals surface area contributed by atoms with E-state index in [9.17, 15) is 4.79 Å². The van der Waals surface area contributed by atoms with E-state index in [2.05, 4.69) is 5.16 Å². The highest BCUT2D eigenvalue weighted by atomic mass is 16.5. The lowest BCUT2D eigenvalue weighted by atomic mass is 10.2. The Bertz CT molecular complexity index is 884. The topological polar surface area (TPSA) is 87.6 Å². The van der Waals surface area contributed by atoms with Gasteiger partial charge in [-0.2, -0.15) is 0 Å². The zero-order valence-electron chi connectivity index (χ0n) is 14.7. The van der Waals surface area contributed by atoms with Crippen molar-refractivity contribution in [2.75, 3.05) is 5.73 Å². The molecule has 0 aliphatic carbocycles. The van der Waals surface area contributed by atoms with Crippen LogP contribution in [0.5, 0.6) is 5.75 Å². The molecule has 0 amide bonds. The van der Waals surface area contributed by atoms with Crippen molar-refractivity contribution in [1.29, 1.82) is 0 Å². The van der Waals surface area contributed by atoms with Crippen LogP contribution in [0.3, 0.4) is 0 Å². The number of carbonyl (C=O) groups excluding carboxylic acids is 1. The van der Waals surface area contributed by atoms with Gasteiger partial charge in [-0.1, -0.05) is 35.5 Å². The fraction of sp³-hybridized carbons (Fsp3) is 0.200. The van der Waals surface area contributed by atoms with Gasteiger partial charge in [-0.05, 0) is 37.6 Å². The number of rotatable bonds is 6. The summed E-state index contributed by atoms with van der Waals surface area (Å²) < 4.78 is 16.2. The lowest BCUT2D eigenvalue weighted by Gasteiger charge is -2.11. The fourth-order valence-electron chi connectivity index (χ4n) is 2.45. The molecule has 0 unspecified atom stereocenters. The third-order valence-corrected chi connectivity index (χ3v) is 4.02. The van der Waals surface area contributed by atoms with E-state index in [-0.39, 0.29) is 13.2 Å². The van der Waals surface area contributed by atoms with E-state index < -0.39 is 5.97 Å². The van der Waals surface area contributed by atoms with Gasteiger partial charge in [0.1, 0.15) is 24.7 Å². The highest BCUT2D eigenvalue weighted by molar-refractivity contribution is 5.90. The number of esters is 1. The van der Waals surface area contributed by atoms with Crippen molar-refractivity contribution in [3.63, 3.8) is 0 Å². The quantitative estimate of drug-likeness (QED) is 0.536. The summed E-state index contributed by atoms with van der Waals surface area (Å²) in [6.07, 6.45) is 0. The van der Waals surface area contributed by atoms with Gasteiger partial charge >= 0.3 is 5.97 Å². The number of nitrogens with two attached hydrogens (primary N) is 1. The first-order valence-corrected chi connectivity index (χ1v) is 8.19. The number of nitrogens with zero attached hydrogens (tertiary/aromatic N) is 1. The zero-order chi connectivity index (χ0) is 18.5. The number of hydrogen-bond donors (Lipinski definition) is 1. The average Bonchev–Trinajstić information content (AvgIpc) is 2.98. The molecule has 3 aromatic rings. The molecule has 6 heteroatoms. The molecule has 0 spiro atoms. The van der Waals surface area contributed by atoms with E-state index >= 15 is 0 Å². The van der Waals surface area contributed by atoms with Gasteiger partial charge in [0.05, 0.1) is 22.5 Å². The van der Waals surface area contributed by atoms with Crippen LogP contribution in [0.25, 0.3) is 0 Å². The first-order valence-electron chi connectivity index (χ1n) is 8.19. The molecule has 0 fully saturated rings. The standard InChI is InChI=1S/C20H20N2O4/c1-13-17(14(2)26-22-13)12-24-19-10-16(8-9-18(19)21)20(23)25-11-15-6-4-3-5-7-15/h3-10H,11-12,21H2,1-2H3. The molecule has 1 heterocycles. The lowest BCUT2D eigenvalue weighted by Crippen LogP contribution is -2.07. The second-order valence-corrected chi connectivity index (χ2v) is 5.91. The Morgan fingerprint density at radius 2 is 1.88 bits per heavy atom. The summed E-state index contributed by atoms with van der Waals surface area (Å²) >= 11 is 0. The summed E-state index contributed by atoms with van der Waals surface area (Å²) in [5, 5.41) is 3.89. The van der Waals surface area contributed by atoms with Crippen molar-refractivity contribution in [3.05, 3.63) is 76.7 Å². The predicted octanol–water partition coefficient (Wildman–Crippen LogP) is 3.81. The van der Waals surface area contributed by atoms with E-state index in [0.29, 0.717) is 22.8 Å². The number of ether oxygens (including phenoxy) is 2. The molecular formula is C20H20N2O4. The lowest BCUT2D eigenvalue weighted by molar-refractivity contribution is 0.0472. The molecule has 26 heavy (non-hydrogen) atoms. The number of anilines is 1. The van der Waals surface area contributed by atoms with E-state index in [1.165, 1.54) is 0 Å². The van der Waals surface area contributed by atoms with Crippen LogP contribution in [0.2, 0.25) is 0 Å². The van der Waals surface area contributed by atoms with Crippen molar-refractivity contribution in [3.8, 4) is 5.75 Å². The van der Waals surface area contributed by atoms with E-state index in [1.807, 2.05) is 44.2 Å². The molecule has 2 aromatic carbocycles. The monoisotopic (exact) mass is 352 g/mol. The molecule has 0 aliphatic heterocycles. The summed E-state index contributed by atoms with van der Waals surface area (Å²) in [6.45, 7) is 4.13. The molecule has 3 rings (SSSR count). The molecule has 0 radical (unpaired) electrons. The minimum Gasteiger partial charge on any atom is -0.487 e. The van der Waals surface area contributed by atoms with Gasteiger partial charge < -0.3 is 19.7 Å². The Balaban J connectivity index is 1.67. The maximum absolute atomic E-state index is 12.3. The van der Waals surface area contributed by atoms with E-state index in [0.717, 1.165) is 16.8 Å². The second-order valence-electron chi connectivity index (χ2n) is 5.91. The molecule has 0 bridgehead atoms.